The van der Waals surface area contributed by atoms with E-state index in [4.69, 9.17) is 4.74 Å². The maximum Gasteiger partial charge on any atom is 0.120 e. The number of aromatic amines is 1. The van der Waals surface area contributed by atoms with E-state index in [1.54, 1.807) is 7.11 Å². The van der Waals surface area contributed by atoms with Crippen LogP contribution in [0.3, 0.4) is 0 Å². The number of rotatable bonds is 8. The first-order chi connectivity index (χ1) is 9.78. The lowest BCUT2D eigenvalue weighted by molar-refractivity contribution is 0.278. The van der Waals surface area contributed by atoms with E-state index in [1.165, 1.54) is 36.9 Å². The van der Waals surface area contributed by atoms with Crippen molar-refractivity contribution in [3.63, 3.8) is 0 Å². The Morgan fingerprint density at radius 3 is 2.50 bits per heavy atom. The van der Waals surface area contributed by atoms with Gasteiger partial charge in [-0.3, -0.25) is 0 Å². The van der Waals surface area contributed by atoms with Gasteiger partial charge in [-0.15, -0.1) is 0 Å². The third-order valence-corrected chi connectivity index (χ3v) is 3.75. The van der Waals surface area contributed by atoms with Crippen molar-refractivity contribution in [3.8, 4) is 5.75 Å². The SMILES string of the molecule is CCCN(CCC)CCc1c[nH]c2cc(OC)ccc12. The van der Waals surface area contributed by atoms with Gasteiger partial charge in [0.05, 0.1) is 7.11 Å². The van der Waals surface area contributed by atoms with Gasteiger partial charge in [-0.1, -0.05) is 13.8 Å². The fraction of sp³-hybridized carbons (Fsp3) is 0.529. The molecule has 0 atom stereocenters. The summed E-state index contributed by atoms with van der Waals surface area (Å²) in [5.41, 5.74) is 2.57. The Morgan fingerprint density at radius 2 is 1.85 bits per heavy atom. The summed E-state index contributed by atoms with van der Waals surface area (Å²) in [5, 5.41) is 1.32. The van der Waals surface area contributed by atoms with E-state index >= 15 is 0 Å². The normalized spacial score (nSPS) is 11.4. The Morgan fingerprint density at radius 1 is 1.10 bits per heavy atom. The van der Waals surface area contributed by atoms with Crippen molar-refractivity contribution >= 4 is 10.9 Å². The number of aromatic nitrogens is 1. The maximum absolute atomic E-state index is 5.27. The Bertz CT molecular complexity index is 527. The van der Waals surface area contributed by atoms with Gasteiger partial charge < -0.3 is 14.6 Å². The second-order valence-corrected chi connectivity index (χ2v) is 5.32. The van der Waals surface area contributed by atoms with Gasteiger partial charge in [-0.2, -0.15) is 0 Å². The lowest BCUT2D eigenvalue weighted by atomic mass is 10.1. The molecule has 0 amide bonds. The van der Waals surface area contributed by atoms with Crippen LogP contribution >= 0.6 is 0 Å². The van der Waals surface area contributed by atoms with E-state index in [1.807, 2.05) is 6.07 Å². The first-order valence-corrected chi connectivity index (χ1v) is 7.64. The van der Waals surface area contributed by atoms with Crippen LogP contribution in [-0.4, -0.2) is 36.6 Å². The smallest absolute Gasteiger partial charge is 0.120 e. The molecule has 2 rings (SSSR count). The highest BCUT2D eigenvalue weighted by molar-refractivity contribution is 5.84. The molecule has 0 spiro atoms. The predicted octanol–water partition coefficient (Wildman–Crippen LogP) is 3.84. The van der Waals surface area contributed by atoms with Crippen molar-refractivity contribution in [1.29, 1.82) is 0 Å². The summed E-state index contributed by atoms with van der Waals surface area (Å²) in [6.07, 6.45) is 5.70. The number of hydrogen-bond donors (Lipinski definition) is 1. The molecule has 3 nitrogen and oxygen atoms in total. The molecule has 0 radical (unpaired) electrons. The van der Waals surface area contributed by atoms with Gasteiger partial charge in [-0.05, 0) is 50.0 Å². The Kier molecular flexibility index (Phi) is 5.48. The number of benzene rings is 1. The number of ether oxygens (including phenoxy) is 1. The van der Waals surface area contributed by atoms with Crippen molar-refractivity contribution in [2.24, 2.45) is 0 Å². The zero-order valence-corrected chi connectivity index (χ0v) is 12.9. The molecule has 0 saturated heterocycles. The molecule has 1 N–H and O–H groups in total. The third kappa shape index (κ3) is 3.54. The van der Waals surface area contributed by atoms with Crippen LogP contribution in [0.1, 0.15) is 32.3 Å². The Labute approximate surface area is 121 Å². The van der Waals surface area contributed by atoms with Gasteiger partial charge in [0.1, 0.15) is 5.75 Å². The highest BCUT2D eigenvalue weighted by atomic mass is 16.5. The molecule has 2 aromatic rings. The van der Waals surface area contributed by atoms with Crippen LogP contribution in [-0.2, 0) is 6.42 Å². The van der Waals surface area contributed by atoms with Crippen LogP contribution in [0.25, 0.3) is 10.9 Å². The van der Waals surface area contributed by atoms with E-state index in [0.29, 0.717) is 0 Å². The lowest BCUT2D eigenvalue weighted by Crippen LogP contribution is -2.27. The molecule has 20 heavy (non-hydrogen) atoms. The minimum absolute atomic E-state index is 0.907. The minimum Gasteiger partial charge on any atom is -0.497 e. The van der Waals surface area contributed by atoms with Crippen LogP contribution in [0.4, 0.5) is 0 Å². The fourth-order valence-corrected chi connectivity index (χ4v) is 2.75. The van der Waals surface area contributed by atoms with E-state index < -0.39 is 0 Å². The number of H-pyrrole nitrogens is 1. The van der Waals surface area contributed by atoms with Crippen LogP contribution in [0.15, 0.2) is 24.4 Å². The largest absolute Gasteiger partial charge is 0.497 e. The highest BCUT2D eigenvalue weighted by Crippen LogP contribution is 2.23. The summed E-state index contributed by atoms with van der Waals surface area (Å²) in [7, 11) is 1.71. The van der Waals surface area contributed by atoms with E-state index in [-0.39, 0.29) is 0 Å². The first kappa shape index (κ1) is 14.9. The van der Waals surface area contributed by atoms with Gasteiger partial charge in [0.25, 0.3) is 0 Å². The van der Waals surface area contributed by atoms with Crippen molar-refractivity contribution in [3.05, 3.63) is 30.0 Å². The average Bonchev–Trinajstić information content (AvgIpc) is 2.87. The second-order valence-electron chi connectivity index (χ2n) is 5.32. The van der Waals surface area contributed by atoms with E-state index in [0.717, 1.165) is 24.2 Å². The molecule has 0 aliphatic heterocycles. The Hall–Kier alpha value is -1.48. The van der Waals surface area contributed by atoms with Gasteiger partial charge >= 0.3 is 0 Å². The molecule has 110 valence electrons. The summed E-state index contributed by atoms with van der Waals surface area (Å²) in [6.45, 7) is 8.04. The number of nitrogens with zero attached hydrogens (tertiary/aromatic N) is 1. The van der Waals surface area contributed by atoms with Gasteiger partial charge in [0, 0.05) is 29.7 Å². The molecule has 0 saturated carbocycles. The number of hydrogen-bond acceptors (Lipinski definition) is 2. The summed E-state index contributed by atoms with van der Waals surface area (Å²) in [4.78, 5) is 5.91. The number of methoxy groups -OCH3 is 1. The third-order valence-electron chi connectivity index (χ3n) is 3.75. The van der Waals surface area contributed by atoms with Crippen molar-refractivity contribution in [2.45, 2.75) is 33.1 Å². The quantitative estimate of drug-likeness (QED) is 0.792. The zero-order chi connectivity index (χ0) is 14.4. The standard InChI is InChI=1S/C17H26N2O/c1-4-9-19(10-5-2)11-8-14-13-18-17-12-15(20-3)6-7-16(14)17/h6-7,12-13,18H,4-5,8-11H2,1-3H3. The first-order valence-electron chi connectivity index (χ1n) is 7.64. The molecule has 3 heteroatoms. The van der Waals surface area contributed by atoms with Crippen LogP contribution < -0.4 is 4.74 Å². The number of nitrogens with one attached hydrogen (secondary N) is 1. The fourth-order valence-electron chi connectivity index (χ4n) is 2.75. The molecule has 0 aliphatic rings. The molecule has 1 aromatic heterocycles. The van der Waals surface area contributed by atoms with E-state index in [9.17, 15) is 0 Å². The summed E-state index contributed by atoms with van der Waals surface area (Å²) in [5.74, 6) is 0.907. The van der Waals surface area contributed by atoms with Crippen LogP contribution in [0.5, 0.6) is 5.75 Å². The van der Waals surface area contributed by atoms with Crippen molar-refractivity contribution in [1.82, 2.24) is 9.88 Å². The van der Waals surface area contributed by atoms with Crippen molar-refractivity contribution < 1.29 is 4.74 Å². The summed E-state index contributed by atoms with van der Waals surface area (Å²) in [6, 6.07) is 6.26. The average molecular weight is 274 g/mol. The topological polar surface area (TPSA) is 28.3 Å². The molecule has 1 aromatic carbocycles. The van der Waals surface area contributed by atoms with Crippen LogP contribution in [0, 0.1) is 0 Å². The Balaban J connectivity index is 2.05. The summed E-state index contributed by atoms with van der Waals surface area (Å²) < 4.78 is 5.27. The molecule has 0 fully saturated rings. The molecule has 0 unspecified atom stereocenters. The van der Waals surface area contributed by atoms with Crippen LogP contribution in [0.2, 0.25) is 0 Å². The van der Waals surface area contributed by atoms with Gasteiger partial charge in [0.15, 0.2) is 0 Å². The van der Waals surface area contributed by atoms with Gasteiger partial charge in [0.2, 0.25) is 0 Å². The predicted molar refractivity (Wildman–Crippen MR) is 85.6 cm³/mol. The summed E-state index contributed by atoms with van der Waals surface area (Å²) >= 11 is 0. The molecule has 0 aliphatic carbocycles. The van der Waals surface area contributed by atoms with Gasteiger partial charge in [-0.25, -0.2) is 0 Å². The maximum atomic E-state index is 5.27. The molecular formula is C17H26N2O. The molecular weight excluding hydrogens is 248 g/mol. The van der Waals surface area contributed by atoms with E-state index in [2.05, 4.69) is 42.1 Å². The number of fused-ring (bicyclic) bond motifs is 1. The molecule has 1 heterocycles. The minimum atomic E-state index is 0.907. The zero-order valence-electron chi connectivity index (χ0n) is 12.9. The second kappa shape index (κ2) is 7.34. The lowest BCUT2D eigenvalue weighted by Gasteiger charge is -2.20. The molecule has 0 bridgehead atoms. The monoisotopic (exact) mass is 274 g/mol. The highest BCUT2D eigenvalue weighted by Gasteiger charge is 2.07. The van der Waals surface area contributed by atoms with Crippen molar-refractivity contribution in [2.75, 3.05) is 26.7 Å².